The Morgan fingerprint density at radius 1 is 1.32 bits per heavy atom. The van der Waals surface area contributed by atoms with Crippen molar-refractivity contribution in [3.05, 3.63) is 11.8 Å². The number of carbonyl (C=O) groups is 1. The number of ether oxygens (including phenoxy) is 2. The third-order valence-electron chi connectivity index (χ3n) is 4.09. The van der Waals surface area contributed by atoms with Gasteiger partial charge < -0.3 is 20.1 Å². The molecule has 0 radical (unpaired) electrons. The number of rotatable bonds is 1. The van der Waals surface area contributed by atoms with Crippen molar-refractivity contribution >= 4 is 11.7 Å². The third-order valence-corrected chi connectivity index (χ3v) is 4.09. The van der Waals surface area contributed by atoms with E-state index >= 15 is 0 Å². The maximum absolute atomic E-state index is 11.4. The van der Waals surface area contributed by atoms with Gasteiger partial charge in [0.05, 0.1) is 18.6 Å². The third kappa shape index (κ3) is 2.26. The van der Waals surface area contributed by atoms with Gasteiger partial charge in [0.2, 0.25) is 0 Å². The molecule has 19 heavy (non-hydrogen) atoms. The fourth-order valence-corrected chi connectivity index (χ4v) is 2.96. The van der Waals surface area contributed by atoms with Crippen molar-refractivity contribution in [2.45, 2.75) is 12.8 Å². The van der Waals surface area contributed by atoms with Crippen molar-refractivity contribution in [3.8, 4) is 0 Å². The minimum absolute atomic E-state index is 0.121. The highest BCUT2D eigenvalue weighted by Gasteiger charge is 2.43. The molecule has 3 heterocycles. The molecule has 0 atom stereocenters. The molecule has 2 saturated heterocycles. The summed E-state index contributed by atoms with van der Waals surface area (Å²) in [5, 5.41) is 0. The molecule has 6 nitrogen and oxygen atoms in total. The smallest absolute Gasteiger partial charge is 0.267 e. The molecule has 0 aliphatic carbocycles. The van der Waals surface area contributed by atoms with Crippen LogP contribution in [-0.2, 0) is 14.3 Å². The first kappa shape index (κ1) is 12.6. The van der Waals surface area contributed by atoms with Crippen LogP contribution in [-0.4, -0.2) is 56.2 Å². The molecule has 6 heteroatoms. The van der Waals surface area contributed by atoms with Crippen molar-refractivity contribution in [1.82, 2.24) is 4.90 Å². The Labute approximate surface area is 112 Å². The minimum Gasteiger partial charge on any atom is -0.381 e. The quantitative estimate of drug-likeness (QED) is 0.718. The lowest BCUT2D eigenvalue weighted by Gasteiger charge is -2.41. The molecule has 3 rings (SSSR count). The summed E-state index contributed by atoms with van der Waals surface area (Å²) in [5.74, 6) is 0.504. The Morgan fingerprint density at radius 2 is 2.11 bits per heavy atom. The summed E-state index contributed by atoms with van der Waals surface area (Å²) in [6.07, 6.45) is 3.56. The van der Waals surface area contributed by atoms with Crippen LogP contribution in [0, 0.1) is 5.41 Å². The summed E-state index contributed by atoms with van der Waals surface area (Å²) in [6, 6.07) is 0. The van der Waals surface area contributed by atoms with Crippen molar-refractivity contribution in [2.24, 2.45) is 16.1 Å². The lowest BCUT2D eigenvalue weighted by atomic mass is 9.78. The average Bonchev–Trinajstić information content (AvgIpc) is 2.60. The van der Waals surface area contributed by atoms with Gasteiger partial charge in [0, 0.05) is 26.3 Å². The standard InChI is InChI=1S/C13H19N3O3/c14-11(17)10-1-4-16-5-8-19-9-13(12(16)15-10)2-6-18-7-3-13/h1H,2-9H2,(H2,14,17). The molecule has 0 aromatic carbocycles. The van der Waals surface area contributed by atoms with Crippen LogP contribution in [0.5, 0.6) is 0 Å². The molecule has 0 unspecified atom stereocenters. The monoisotopic (exact) mass is 265 g/mol. The molecular weight excluding hydrogens is 246 g/mol. The maximum Gasteiger partial charge on any atom is 0.267 e. The van der Waals surface area contributed by atoms with Crippen molar-refractivity contribution in [1.29, 1.82) is 0 Å². The number of amides is 1. The van der Waals surface area contributed by atoms with E-state index in [1.807, 2.05) is 0 Å². The molecule has 2 N–H and O–H groups in total. The van der Waals surface area contributed by atoms with Crippen LogP contribution in [0.4, 0.5) is 0 Å². The zero-order chi connectivity index (χ0) is 13.3. The molecule has 1 amide bonds. The Kier molecular flexibility index (Phi) is 3.28. The molecule has 3 aliphatic heterocycles. The summed E-state index contributed by atoms with van der Waals surface area (Å²) in [7, 11) is 0. The second-order valence-electron chi connectivity index (χ2n) is 5.28. The van der Waals surface area contributed by atoms with Crippen LogP contribution in [0.3, 0.4) is 0 Å². The number of hydrogen-bond donors (Lipinski definition) is 1. The summed E-state index contributed by atoms with van der Waals surface area (Å²) < 4.78 is 11.2. The second kappa shape index (κ2) is 4.94. The summed E-state index contributed by atoms with van der Waals surface area (Å²) in [4.78, 5) is 18.1. The first-order valence-corrected chi connectivity index (χ1v) is 6.71. The van der Waals surface area contributed by atoms with Gasteiger partial charge in [-0.25, -0.2) is 4.99 Å². The largest absolute Gasteiger partial charge is 0.381 e. The summed E-state index contributed by atoms with van der Waals surface area (Å²) >= 11 is 0. The predicted octanol–water partition coefficient (Wildman–Crippen LogP) is -0.103. The highest BCUT2D eigenvalue weighted by Crippen LogP contribution is 2.37. The molecule has 0 aromatic heterocycles. The number of nitrogens with zero attached hydrogens (tertiary/aromatic N) is 2. The first-order valence-electron chi connectivity index (χ1n) is 6.71. The van der Waals surface area contributed by atoms with Gasteiger partial charge in [-0.05, 0) is 18.9 Å². The minimum atomic E-state index is -0.459. The fraction of sp³-hybridized carbons (Fsp3) is 0.692. The topological polar surface area (TPSA) is 77.2 Å². The lowest BCUT2D eigenvalue weighted by Crippen LogP contribution is -2.49. The van der Waals surface area contributed by atoms with Crippen LogP contribution < -0.4 is 5.73 Å². The summed E-state index contributed by atoms with van der Waals surface area (Å²) in [6.45, 7) is 4.27. The highest BCUT2D eigenvalue weighted by molar-refractivity contribution is 5.99. The number of carbonyl (C=O) groups excluding carboxylic acids is 1. The molecule has 0 aromatic rings. The van der Waals surface area contributed by atoms with E-state index in [-0.39, 0.29) is 5.41 Å². The molecule has 0 saturated carbocycles. The van der Waals surface area contributed by atoms with Crippen LogP contribution in [0.25, 0.3) is 0 Å². The van der Waals surface area contributed by atoms with Gasteiger partial charge in [0.1, 0.15) is 11.5 Å². The van der Waals surface area contributed by atoms with Gasteiger partial charge in [-0.15, -0.1) is 0 Å². The first-order chi connectivity index (χ1) is 9.21. The van der Waals surface area contributed by atoms with Crippen molar-refractivity contribution < 1.29 is 14.3 Å². The van der Waals surface area contributed by atoms with E-state index in [4.69, 9.17) is 15.2 Å². The van der Waals surface area contributed by atoms with E-state index in [2.05, 4.69) is 9.89 Å². The van der Waals surface area contributed by atoms with E-state index in [1.165, 1.54) is 0 Å². The maximum atomic E-state index is 11.4. The van der Waals surface area contributed by atoms with Crippen LogP contribution in [0.15, 0.2) is 16.8 Å². The molecule has 104 valence electrons. The van der Waals surface area contributed by atoms with Crippen molar-refractivity contribution in [3.63, 3.8) is 0 Å². The highest BCUT2D eigenvalue weighted by atomic mass is 16.5. The van der Waals surface area contributed by atoms with Gasteiger partial charge in [-0.3, -0.25) is 4.79 Å². The zero-order valence-electron chi connectivity index (χ0n) is 10.9. The van der Waals surface area contributed by atoms with Gasteiger partial charge >= 0.3 is 0 Å². The van der Waals surface area contributed by atoms with Gasteiger partial charge in [0.25, 0.3) is 5.91 Å². The Morgan fingerprint density at radius 3 is 2.84 bits per heavy atom. The normalized spacial score (nSPS) is 26.2. The SMILES string of the molecule is NC(=O)C1=CCN2CCOCC3(CCOCC3)C2=N1. The number of amidine groups is 1. The fourth-order valence-electron chi connectivity index (χ4n) is 2.96. The second-order valence-corrected chi connectivity index (χ2v) is 5.28. The Hall–Kier alpha value is -1.40. The summed E-state index contributed by atoms with van der Waals surface area (Å²) in [5.41, 5.74) is 5.61. The number of fused-ring (bicyclic) bond motifs is 2. The van der Waals surface area contributed by atoms with E-state index < -0.39 is 5.91 Å². The number of primary amides is 1. The predicted molar refractivity (Wildman–Crippen MR) is 69.6 cm³/mol. The van der Waals surface area contributed by atoms with Crippen LogP contribution >= 0.6 is 0 Å². The number of hydrogen-bond acceptors (Lipinski definition) is 5. The van der Waals surface area contributed by atoms with E-state index in [0.717, 1.165) is 25.2 Å². The van der Waals surface area contributed by atoms with Gasteiger partial charge in [-0.1, -0.05) is 0 Å². The molecule has 0 bridgehead atoms. The number of aliphatic imine (C=N–C) groups is 1. The average molecular weight is 265 g/mol. The van der Waals surface area contributed by atoms with E-state index in [9.17, 15) is 4.79 Å². The Bertz CT molecular complexity index is 438. The lowest BCUT2D eigenvalue weighted by molar-refractivity contribution is -0.114. The molecule has 3 aliphatic rings. The van der Waals surface area contributed by atoms with E-state index in [1.54, 1.807) is 6.08 Å². The molecule has 2 fully saturated rings. The van der Waals surface area contributed by atoms with E-state index in [0.29, 0.717) is 38.7 Å². The Balaban J connectivity index is 1.97. The molecular formula is C13H19N3O3. The van der Waals surface area contributed by atoms with Gasteiger partial charge in [0.15, 0.2) is 0 Å². The van der Waals surface area contributed by atoms with Gasteiger partial charge in [-0.2, -0.15) is 0 Å². The number of nitrogens with two attached hydrogens (primary N) is 1. The van der Waals surface area contributed by atoms with Crippen molar-refractivity contribution in [2.75, 3.05) is 39.5 Å². The van der Waals surface area contributed by atoms with Crippen LogP contribution in [0.1, 0.15) is 12.8 Å². The van der Waals surface area contributed by atoms with Crippen LogP contribution in [0.2, 0.25) is 0 Å². The zero-order valence-corrected chi connectivity index (χ0v) is 10.9. The molecule has 1 spiro atoms.